The number of hydrogen-bond donors (Lipinski definition) is 1. The number of fused-ring (bicyclic) bond motifs is 6. The Morgan fingerprint density at radius 3 is 2.68 bits per heavy atom. The summed E-state index contributed by atoms with van der Waals surface area (Å²) in [4.78, 5) is 27.7. The Morgan fingerprint density at radius 1 is 1.32 bits per heavy atom. The van der Waals surface area contributed by atoms with E-state index in [1.165, 1.54) is 7.11 Å². The standard InChI is InChI=1S/C25H32N2O4/c1-7-16-14-27(23(29)31-24(3,4)5)20-12-17(16)15(2)25(13-21(28)30-6)18-10-8-9-11-19(18)26-22(20)25/h7-11,17,20,22,26H,2,12-14H2,1,3-6H3/b16-7-/t17?,20-,22?,25+/m0/s1. The molecule has 6 heteroatoms. The van der Waals surface area contributed by atoms with E-state index >= 15 is 0 Å². The van der Waals surface area contributed by atoms with Crippen LogP contribution in [-0.2, 0) is 19.7 Å². The van der Waals surface area contributed by atoms with Gasteiger partial charge in [0.25, 0.3) is 0 Å². The van der Waals surface area contributed by atoms with Crippen LogP contribution in [0.3, 0.4) is 0 Å². The Balaban J connectivity index is 1.85. The maximum atomic E-state index is 13.2. The van der Waals surface area contributed by atoms with Gasteiger partial charge in [0.2, 0.25) is 0 Å². The summed E-state index contributed by atoms with van der Waals surface area (Å²) >= 11 is 0. The van der Waals surface area contributed by atoms with Crippen molar-refractivity contribution in [1.29, 1.82) is 0 Å². The molecule has 1 aliphatic carbocycles. The van der Waals surface area contributed by atoms with Gasteiger partial charge < -0.3 is 14.8 Å². The average Bonchev–Trinajstić information content (AvgIpc) is 3.06. The fraction of sp³-hybridized carbons (Fsp3) is 0.520. The van der Waals surface area contributed by atoms with Gasteiger partial charge in [-0.2, -0.15) is 0 Å². The highest BCUT2D eigenvalue weighted by Gasteiger charge is 2.61. The molecule has 1 aromatic carbocycles. The first kappa shape index (κ1) is 21.5. The van der Waals surface area contributed by atoms with Gasteiger partial charge in [-0.05, 0) is 51.3 Å². The van der Waals surface area contributed by atoms with Crippen molar-refractivity contribution in [3.8, 4) is 0 Å². The van der Waals surface area contributed by atoms with Crippen molar-refractivity contribution >= 4 is 17.7 Å². The summed E-state index contributed by atoms with van der Waals surface area (Å²) in [6.45, 7) is 12.7. The Morgan fingerprint density at radius 2 is 2.03 bits per heavy atom. The van der Waals surface area contributed by atoms with Gasteiger partial charge in [0.15, 0.2) is 0 Å². The monoisotopic (exact) mass is 424 g/mol. The predicted molar refractivity (Wildman–Crippen MR) is 120 cm³/mol. The van der Waals surface area contributed by atoms with Crippen LogP contribution in [0, 0.1) is 5.92 Å². The van der Waals surface area contributed by atoms with Crippen LogP contribution in [0.25, 0.3) is 0 Å². The molecule has 1 saturated heterocycles. The van der Waals surface area contributed by atoms with E-state index in [2.05, 4.69) is 24.0 Å². The minimum atomic E-state index is -0.647. The van der Waals surface area contributed by atoms with E-state index in [0.29, 0.717) is 6.54 Å². The van der Waals surface area contributed by atoms with Crippen LogP contribution in [-0.4, -0.2) is 48.3 Å². The topological polar surface area (TPSA) is 67.9 Å². The maximum Gasteiger partial charge on any atom is 0.410 e. The Hall–Kier alpha value is -2.76. The molecule has 31 heavy (non-hydrogen) atoms. The average molecular weight is 425 g/mol. The number of amides is 1. The van der Waals surface area contributed by atoms with Gasteiger partial charge in [-0.1, -0.05) is 36.4 Å². The number of ether oxygens (including phenoxy) is 2. The molecule has 4 atom stereocenters. The van der Waals surface area contributed by atoms with Crippen molar-refractivity contribution in [2.75, 3.05) is 19.0 Å². The SMILES string of the molecule is C=C1C2C[C@@H](C3Nc4ccccc4[C@@]13CC(=O)OC)N(C(=O)OC(C)(C)C)C/C2=C/C. The molecule has 4 rings (SSSR count). The van der Waals surface area contributed by atoms with Gasteiger partial charge in [-0.15, -0.1) is 0 Å². The highest BCUT2D eigenvalue weighted by Crippen LogP contribution is 2.58. The maximum absolute atomic E-state index is 13.2. The Bertz CT molecular complexity index is 961. The summed E-state index contributed by atoms with van der Waals surface area (Å²) < 4.78 is 10.9. The van der Waals surface area contributed by atoms with Crippen molar-refractivity contribution in [2.45, 2.75) is 63.6 Å². The van der Waals surface area contributed by atoms with E-state index in [0.717, 1.165) is 28.8 Å². The molecule has 1 saturated carbocycles. The van der Waals surface area contributed by atoms with Crippen molar-refractivity contribution in [1.82, 2.24) is 4.90 Å². The molecule has 2 fully saturated rings. The van der Waals surface area contributed by atoms with Crippen LogP contribution in [0.4, 0.5) is 10.5 Å². The van der Waals surface area contributed by atoms with Crippen molar-refractivity contribution in [3.63, 3.8) is 0 Å². The molecule has 0 radical (unpaired) electrons. The third-order valence-corrected chi connectivity index (χ3v) is 6.96. The largest absolute Gasteiger partial charge is 0.469 e. The fourth-order valence-corrected chi connectivity index (χ4v) is 5.62. The third kappa shape index (κ3) is 3.33. The lowest BCUT2D eigenvalue weighted by atomic mass is 9.55. The quantitative estimate of drug-likeness (QED) is 0.562. The predicted octanol–water partition coefficient (Wildman–Crippen LogP) is 4.42. The van der Waals surface area contributed by atoms with E-state index in [4.69, 9.17) is 9.47 Å². The number of likely N-dealkylation sites (tertiary alicyclic amines) is 1. The lowest BCUT2D eigenvalue weighted by molar-refractivity contribution is -0.142. The van der Waals surface area contributed by atoms with E-state index in [-0.39, 0.29) is 36.5 Å². The molecule has 6 nitrogen and oxygen atoms in total. The van der Waals surface area contributed by atoms with E-state index in [1.807, 2.05) is 50.8 Å². The van der Waals surface area contributed by atoms with Crippen molar-refractivity contribution in [2.24, 2.45) is 5.92 Å². The molecule has 1 aromatic rings. The smallest absolute Gasteiger partial charge is 0.410 e. The number of carbonyl (C=O) groups excluding carboxylic acids is 2. The third-order valence-electron chi connectivity index (χ3n) is 6.96. The van der Waals surface area contributed by atoms with Crippen LogP contribution in [0.1, 0.15) is 46.1 Å². The summed E-state index contributed by atoms with van der Waals surface area (Å²) in [6.07, 6.45) is 2.69. The molecule has 0 spiro atoms. The van der Waals surface area contributed by atoms with Gasteiger partial charge in [-0.3, -0.25) is 9.69 Å². The second-order valence-electron chi connectivity index (χ2n) is 9.74. The number of rotatable bonds is 2. The summed E-state index contributed by atoms with van der Waals surface area (Å²) in [6, 6.07) is 7.74. The number of nitrogens with zero attached hydrogens (tertiary/aromatic N) is 1. The number of hydrogen-bond acceptors (Lipinski definition) is 5. The zero-order valence-electron chi connectivity index (χ0n) is 19.0. The van der Waals surface area contributed by atoms with Crippen LogP contribution in [0.2, 0.25) is 0 Å². The number of para-hydroxylation sites is 1. The molecule has 2 bridgehead atoms. The normalized spacial score (nSPS) is 30.4. The zero-order chi connectivity index (χ0) is 22.6. The number of anilines is 1. The Kier molecular flexibility index (Phi) is 5.15. The highest BCUT2D eigenvalue weighted by atomic mass is 16.6. The molecule has 2 unspecified atom stereocenters. The minimum Gasteiger partial charge on any atom is -0.469 e. The molecule has 3 aliphatic rings. The number of allylic oxidation sites excluding steroid dienone is 1. The summed E-state index contributed by atoms with van der Waals surface area (Å²) in [5.41, 5.74) is 2.96. The fourth-order valence-electron chi connectivity index (χ4n) is 5.62. The van der Waals surface area contributed by atoms with Gasteiger partial charge in [-0.25, -0.2) is 4.79 Å². The van der Waals surface area contributed by atoms with Crippen LogP contribution in [0.15, 0.2) is 48.1 Å². The summed E-state index contributed by atoms with van der Waals surface area (Å²) in [7, 11) is 1.42. The van der Waals surface area contributed by atoms with Crippen LogP contribution < -0.4 is 5.32 Å². The van der Waals surface area contributed by atoms with Gasteiger partial charge in [0.05, 0.1) is 31.0 Å². The van der Waals surface area contributed by atoms with Crippen LogP contribution in [0.5, 0.6) is 0 Å². The van der Waals surface area contributed by atoms with E-state index < -0.39 is 11.0 Å². The molecule has 1 amide bonds. The number of carbonyl (C=O) groups is 2. The van der Waals surface area contributed by atoms with E-state index in [9.17, 15) is 9.59 Å². The number of piperidine rings is 1. The number of methoxy groups -OCH3 is 1. The molecule has 0 aromatic heterocycles. The van der Waals surface area contributed by atoms with Gasteiger partial charge in [0, 0.05) is 18.2 Å². The van der Waals surface area contributed by atoms with Crippen LogP contribution >= 0.6 is 0 Å². The lowest BCUT2D eigenvalue weighted by Gasteiger charge is -2.55. The molecule has 166 valence electrons. The highest BCUT2D eigenvalue weighted by molar-refractivity contribution is 5.79. The first-order valence-electron chi connectivity index (χ1n) is 10.9. The molecular weight excluding hydrogens is 392 g/mol. The van der Waals surface area contributed by atoms with Gasteiger partial charge >= 0.3 is 12.1 Å². The Labute approximate surface area is 184 Å². The first-order valence-corrected chi connectivity index (χ1v) is 10.9. The first-order chi connectivity index (χ1) is 14.6. The minimum absolute atomic E-state index is 0.0996. The van der Waals surface area contributed by atoms with Gasteiger partial charge in [0.1, 0.15) is 5.60 Å². The number of nitrogens with one attached hydrogen (secondary N) is 1. The van der Waals surface area contributed by atoms with Crippen molar-refractivity contribution in [3.05, 3.63) is 53.6 Å². The zero-order valence-corrected chi connectivity index (χ0v) is 19.0. The molecule has 2 aliphatic heterocycles. The molecule has 2 heterocycles. The second-order valence-corrected chi connectivity index (χ2v) is 9.74. The van der Waals surface area contributed by atoms with E-state index in [1.54, 1.807) is 0 Å². The summed E-state index contributed by atoms with van der Waals surface area (Å²) in [5.74, 6) is -0.182. The number of benzene rings is 1. The second kappa shape index (κ2) is 7.43. The molecular formula is C25H32N2O4. The molecule has 1 N–H and O–H groups in total. The lowest BCUT2D eigenvalue weighted by Crippen LogP contribution is -2.65. The number of esters is 1. The summed E-state index contributed by atoms with van der Waals surface area (Å²) in [5, 5.41) is 3.64. The van der Waals surface area contributed by atoms with Crippen molar-refractivity contribution < 1.29 is 19.1 Å².